The van der Waals surface area contributed by atoms with Crippen LogP contribution in [0.1, 0.15) is 23.4 Å². The van der Waals surface area contributed by atoms with Crippen LogP contribution >= 0.6 is 54.5 Å². The van der Waals surface area contributed by atoms with Crippen molar-refractivity contribution >= 4 is 54.5 Å². The SMILES string of the molecule is CCNC(c1cc(Br)cs1)c1cscc1Br. The van der Waals surface area contributed by atoms with Crippen molar-refractivity contribution < 1.29 is 0 Å². The van der Waals surface area contributed by atoms with E-state index in [1.807, 2.05) is 0 Å². The fourth-order valence-electron chi connectivity index (χ4n) is 1.54. The second-order valence-electron chi connectivity index (χ2n) is 3.33. The van der Waals surface area contributed by atoms with Crippen LogP contribution in [-0.4, -0.2) is 6.54 Å². The number of hydrogen-bond acceptors (Lipinski definition) is 3. The third kappa shape index (κ3) is 2.76. The van der Waals surface area contributed by atoms with E-state index in [9.17, 15) is 0 Å². The molecular weight excluding hydrogens is 370 g/mol. The molecule has 0 aliphatic heterocycles. The first-order valence-electron chi connectivity index (χ1n) is 4.91. The molecule has 0 aliphatic carbocycles. The van der Waals surface area contributed by atoms with Crippen molar-refractivity contribution in [1.82, 2.24) is 5.32 Å². The fraction of sp³-hybridized carbons (Fsp3) is 0.273. The predicted molar refractivity (Wildman–Crippen MR) is 79.6 cm³/mol. The van der Waals surface area contributed by atoms with Gasteiger partial charge in [0.05, 0.1) is 6.04 Å². The number of hydrogen-bond donors (Lipinski definition) is 1. The van der Waals surface area contributed by atoms with Crippen LogP contribution < -0.4 is 5.32 Å². The highest BCUT2D eigenvalue weighted by molar-refractivity contribution is 9.10. The molecule has 5 heteroatoms. The molecule has 1 atom stereocenters. The Bertz CT molecular complexity index is 464. The van der Waals surface area contributed by atoms with Crippen LogP contribution in [0.4, 0.5) is 0 Å². The third-order valence-electron chi connectivity index (χ3n) is 2.23. The molecule has 0 amide bonds. The Labute approximate surface area is 120 Å². The van der Waals surface area contributed by atoms with Gasteiger partial charge in [0, 0.05) is 24.6 Å². The van der Waals surface area contributed by atoms with Gasteiger partial charge >= 0.3 is 0 Å². The van der Waals surface area contributed by atoms with Crippen molar-refractivity contribution in [2.75, 3.05) is 6.54 Å². The van der Waals surface area contributed by atoms with E-state index in [4.69, 9.17) is 0 Å². The monoisotopic (exact) mass is 379 g/mol. The molecular formula is C11H11Br2NS2. The Balaban J connectivity index is 2.34. The van der Waals surface area contributed by atoms with Crippen LogP contribution in [0.5, 0.6) is 0 Å². The lowest BCUT2D eigenvalue weighted by Gasteiger charge is -2.15. The topological polar surface area (TPSA) is 12.0 Å². The zero-order valence-corrected chi connectivity index (χ0v) is 13.5. The van der Waals surface area contributed by atoms with Gasteiger partial charge in [-0.05, 0) is 55.4 Å². The Morgan fingerprint density at radius 3 is 2.62 bits per heavy atom. The van der Waals surface area contributed by atoms with Crippen molar-refractivity contribution in [3.8, 4) is 0 Å². The van der Waals surface area contributed by atoms with E-state index in [0.717, 1.165) is 11.0 Å². The molecule has 86 valence electrons. The van der Waals surface area contributed by atoms with Crippen LogP contribution in [0.25, 0.3) is 0 Å². The van der Waals surface area contributed by atoms with Crippen molar-refractivity contribution in [1.29, 1.82) is 0 Å². The van der Waals surface area contributed by atoms with Gasteiger partial charge < -0.3 is 5.32 Å². The lowest BCUT2D eigenvalue weighted by Crippen LogP contribution is -2.20. The largest absolute Gasteiger partial charge is 0.306 e. The summed E-state index contributed by atoms with van der Waals surface area (Å²) >= 11 is 10.6. The minimum atomic E-state index is 0.293. The van der Waals surface area contributed by atoms with E-state index >= 15 is 0 Å². The molecule has 0 aliphatic rings. The molecule has 0 saturated carbocycles. The average molecular weight is 381 g/mol. The summed E-state index contributed by atoms with van der Waals surface area (Å²) in [6.07, 6.45) is 0. The summed E-state index contributed by atoms with van der Waals surface area (Å²) in [5.41, 5.74) is 1.32. The summed E-state index contributed by atoms with van der Waals surface area (Å²) in [7, 11) is 0. The first-order valence-corrected chi connectivity index (χ1v) is 8.32. The van der Waals surface area contributed by atoms with Gasteiger partial charge in [-0.2, -0.15) is 11.3 Å². The molecule has 16 heavy (non-hydrogen) atoms. The van der Waals surface area contributed by atoms with E-state index in [1.165, 1.54) is 14.9 Å². The maximum absolute atomic E-state index is 3.60. The Kier molecular flexibility index (Phi) is 4.61. The predicted octanol–water partition coefficient (Wildman–Crippen LogP) is 5.03. The van der Waals surface area contributed by atoms with E-state index in [2.05, 4.69) is 66.3 Å². The zero-order chi connectivity index (χ0) is 11.5. The summed E-state index contributed by atoms with van der Waals surface area (Å²) in [5.74, 6) is 0. The maximum atomic E-state index is 3.60. The van der Waals surface area contributed by atoms with Gasteiger partial charge in [-0.15, -0.1) is 11.3 Å². The average Bonchev–Trinajstić information content (AvgIpc) is 2.84. The number of halogens is 2. The van der Waals surface area contributed by atoms with Crippen LogP contribution in [0.3, 0.4) is 0 Å². The van der Waals surface area contributed by atoms with Crippen molar-refractivity contribution in [2.24, 2.45) is 0 Å². The molecule has 2 rings (SSSR count). The smallest absolute Gasteiger partial charge is 0.0690 e. The normalized spacial score (nSPS) is 12.9. The Morgan fingerprint density at radius 1 is 1.31 bits per heavy atom. The fourth-order valence-corrected chi connectivity index (χ4v) is 4.63. The van der Waals surface area contributed by atoms with E-state index < -0.39 is 0 Å². The summed E-state index contributed by atoms with van der Waals surface area (Å²) in [4.78, 5) is 1.34. The Morgan fingerprint density at radius 2 is 2.12 bits per heavy atom. The van der Waals surface area contributed by atoms with Gasteiger partial charge in [0.15, 0.2) is 0 Å². The first-order chi connectivity index (χ1) is 7.72. The lowest BCUT2D eigenvalue weighted by atomic mass is 10.1. The molecule has 1 unspecified atom stereocenters. The van der Waals surface area contributed by atoms with Crippen LogP contribution in [-0.2, 0) is 0 Å². The molecule has 2 heterocycles. The van der Waals surface area contributed by atoms with Crippen LogP contribution in [0.2, 0.25) is 0 Å². The molecule has 0 bridgehead atoms. The molecule has 0 spiro atoms. The molecule has 2 aromatic heterocycles. The van der Waals surface area contributed by atoms with Crippen molar-refractivity contribution in [2.45, 2.75) is 13.0 Å². The second kappa shape index (κ2) is 5.78. The molecule has 0 saturated heterocycles. The van der Waals surface area contributed by atoms with Gasteiger partial charge in [0.1, 0.15) is 0 Å². The molecule has 0 radical (unpaired) electrons. The number of nitrogens with one attached hydrogen (secondary N) is 1. The Hall–Kier alpha value is 0.320. The highest BCUT2D eigenvalue weighted by Gasteiger charge is 2.18. The minimum Gasteiger partial charge on any atom is -0.306 e. The van der Waals surface area contributed by atoms with Crippen LogP contribution in [0.15, 0.2) is 31.2 Å². The van der Waals surface area contributed by atoms with Crippen molar-refractivity contribution in [3.05, 3.63) is 41.6 Å². The summed E-state index contributed by atoms with van der Waals surface area (Å²) < 4.78 is 2.34. The molecule has 1 N–H and O–H groups in total. The van der Waals surface area contributed by atoms with Crippen LogP contribution in [0, 0.1) is 0 Å². The zero-order valence-electron chi connectivity index (χ0n) is 8.67. The highest BCUT2D eigenvalue weighted by Crippen LogP contribution is 2.35. The van der Waals surface area contributed by atoms with Gasteiger partial charge in [0.25, 0.3) is 0 Å². The molecule has 1 nitrogen and oxygen atoms in total. The quantitative estimate of drug-likeness (QED) is 0.783. The summed E-state index contributed by atoms with van der Waals surface area (Å²) in [6.45, 7) is 3.10. The highest BCUT2D eigenvalue weighted by atomic mass is 79.9. The van der Waals surface area contributed by atoms with Gasteiger partial charge in [-0.25, -0.2) is 0 Å². The van der Waals surface area contributed by atoms with Gasteiger partial charge in [0.2, 0.25) is 0 Å². The van der Waals surface area contributed by atoms with Gasteiger partial charge in [-0.3, -0.25) is 0 Å². The third-order valence-corrected chi connectivity index (χ3v) is 5.74. The van der Waals surface area contributed by atoms with Gasteiger partial charge in [-0.1, -0.05) is 6.92 Å². The summed E-state index contributed by atoms with van der Waals surface area (Å²) in [6, 6.07) is 2.48. The first kappa shape index (κ1) is 12.8. The van der Waals surface area contributed by atoms with E-state index in [1.54, 1.807) is 22.7 Å². The van der Waals surface area contributed by atoms with Crippen molar-refractivity contribution in [3.63, 3.8) is 0 Å². The molecule has 0 fully saturated rings. The number of rotatable bonds is 4. The number of thiophene rings is 2. The molecule has 2 aromatic rings. The lowest BCUT2D eigenvalue weighted by molar-refractivity contribution is 0.639. The molecule has 0 aromatic carbocycles. The maximum Gasteiger partial charge on any atom is 0.0690 e. The summed E-state index contributed by atoms with van der Waals surface area (Å²) in [5, 5.41) is 9.97. The van der Waals surface area contributed by atoms with E-state index in [-0.39, 0.29) is 0 Å². The second-order valence-corrected chi connectivity index (χ2v) is 6.79. The van der Waals surface area contributed by atoms with E-state index in [0.29, 0.717) is 6.04 Å². The standard InChI is InChI=1S/C11H11Br2NS2/c1-2-14-11(8-5-15-6-9(8)13)10-3-7(12)4-16-10/h3-6,11,14H,2H2,1H3. The minimum absolute atomic E-state index is 0.293.